The Balaban J connectivity index is 1.78. The number of aliphatic hydroxyl groups is 2. The molecule has 5 N–H and O–H groups in total. The fraction of sp³-hybridized carbons (Fsp3) is 0.676. The average molecular weight is 694 g/mol. The molecule has 3 unspecified atom stereocenters. The Hall–Kier alpha value is -3.04. The number of aromatic nitrogens is 2. The summed E-state index contributed by atoms with van der Waals surface area (Å²) in [5, 5.41) is 27.7. The van der Waals surface area contributed by atoms with Crippen molar-refractivity contribution in [2.24, 2.45) is 5.92 Å². The van der Waals surface area contributed by atoms with Crippen LogP contribution in [0.25, 0.3) is 0 Å². The number of nitrogens with zero attached hydrogens (tertiary/aromatic N) is 2. The summed E-state index contributed by atoms with van der Waals surface area (Å²) in [6, 6.07) is 7.56. The van der Waals surface area contributed by atoms with Gasteiger partial charge in [-0.1, -0.05) is 75.8 Å². The number of carbonyl (C=O) groups is 2. The summed E-state index contributed by atoms with van der Waals surface area (Å²) in [4.78, 5) is 31.1. The molecule has 1 aromatic carbocycles. The average Bonchev–Trinajstić information content (AvgIpc) is 3.46. The molecule has 1 heterocycles. The van der Waals surface area contributed by atoms with Crippen molar-refractivity contribution in [2.75, 3.05) is 12.3 Å². The first-order valence-corrected chi connectivity index (χ1v) is 18.7. The van der Waals surface area contributed by atoms with Crippen LogP contribution in [0.2, 0.25) is 0 Å². The Bertz CT molecular complexity index is 1360. The lowest BCUT2D eigenvalue weighted by Gasteiger charge is -2.33. The Morgan fingerprint density at radius 2 is 1.79 bits per heavy atom. The van der Waals surface area contributed by atoms with E-state index in [1.54, 1.807) is 37.9 Å². The lowest BCUT2D eigenvalue weighted by atomic mass is 9.83. The molecule has 0 bridgehead atoms. The van der Waals surface area contributed by atoms with Gasteiger partial charge in [0.2, 0.25) is 15.9 Å². The van der Waals surface area contributed by atoms with Crippen molar-refractivity contribution in [3.63, 3.8) is 0 Å². The molecule has 0 saturated heterocycles. The minimum absolute atomic E-state index is 0.0182. The molecule has 4 atom stereocenters. The molecule has 14 heteroatoms. The van der Waals surface area contributed by atoms with E-state index in [1.165, 1.54) is 0 Å². The van der Waals surface area contributed by atoms with E-state index in [-0.39, 0.29) is 25.6 Å². The molecule has 3 rings (SSSR count). The van der Waals surface area contributed by atoms with Crippen LogP contribution in [0.5, 0.6) is 0 Å². The first kappa shape index (κ1) is 39.4. The highest BCUT2D eigenvalue weighted by Gasteiger charge is 2.35. The maximum Gasteiger partial charge on any atom is 0.408 e. The van der Waals surface area contributed by atoms with Gasteiger partial charge < -0.3 is 34.9 Å². The number of amides is 2. The first-order valence-electron chi connectivity index (χ1n) is 17.0. The van der Waals surface area contributed by atoms with Gasteiger partial charge in [-0.05, 0) is 45.1 Å². The number of alkyl carbamates (subject to hydrolysis) is 1. The fourth-order valence-electron chi connectivity index (χ4n) is 5.74. The summed E-state index contributed by atoms with van der Waals surface area (Å²) in [6.45, 7) is 7.82. The van der Waals surface area contributed by atoms with E-state index in [0.29, 0.717) is 25.1 Å². The number of nitrogens with one attached hydrogen (secondary N) is 3. The third-order valence-electron chi connectivity index (χ3n) is 8.25. The Morgan fingerprint density at radius 1 is 1.08 bits per heavy atom. The summed E-state index contributed by atoms with van der Waals surface area (Å²) >= 11 is 0. The third-order valence-corrected chi connectivity index (χ3v) is 9.67. The molecular weight excluding hydrogens is 638 g/mol. The number of carbonyl (C=O) groups excluding carboxylic acids is 2. The van der Waals surface area contributed by atoms with E-state index in [2.05, 4.69) is 20.3 Å². The van der Waals surface area contributed by atoms with Gasteiger partial charge in [0.05, 0.1) is 30.8 Å². The second kappa shape index (κ2) is 19.2. The van der Waals surface area contributed by atoms with Gasteiger partial charge in [-0.15, -0.1) is 0 Å². The predicted octanol–water partition coefficient (Wildman–Crippen LogP) is 3.39. The normalized spacial score (nSPS) is 16.9. The number of hydrogen-bond donors (Lipinski definition) is 5. The molecule has 2 amide bonds. The molecule has 1 saturated carbocycles. The Kier molecular flexibility index (Phi) is 15.8. The number of ether oxygens (including phenoxy) is 2. The zero-order valence-corrected chi connectivity index (χ0v) is 29.6. The zero-order valence-electron chi connectivity index (χ0n) is 28.8. The van der Waals surface area contributed by atoms with Gasteiger partial charge in [0, 0.05) is 24.9 Å². The minimum atomic E-state index is -3.88. The molecule has 0 radical (unpaired) electrons. The van der Waals surface area contributed by atoms with Crippen LogP contribution in [0.4, 0.5) is 4.79 Å². The number of unbranched alkanes of at least 4 members (excludes halogenated alkanes) is 1. The highest BCUT2D eigenvalue weighted by atomic mass is 32.2. The van der Waals surface area contributed by atoms with Gasteiger partial charge in [0.25, 0.3) is 0 Å². The van der Waals surface area contributed by atoms with Crippen molar-refractivity contribution in [2.45, 2.75) is 129 Å². The molecule has 1 aromatic heterocycles. The van der Waals surface area contributed by atoms with Crippen LogP contribution in [0.1, 0.15) is 90.3 Å². The molecule has 0 spiro atoms. The van der Waals surface area contributed by atoms with E-state index in [9.17, 15) is 28.2 Å². The monoisotopic (exact) mass is 693 g/mol. The molecule has 48 heavy (non-hydrogen) atoms. The van der Waals surface area contributed by atoms with Crippen molar-refractivity contribution in [1.29, 1.82) is 0 Å². The third kappa shape index (κ3) is 14.2. The van der Waals surface area contributed by atoms with Crippen molar-refractivity contribution in [3.8, 4) is 0 Å². The Morgan fingerprint density at radius 3 is 2.46 bits per heavy atom. The number of aliphatic hydroxyl groups excluding tert-OH is 2. The maximum absolute atomic E-state index is 14.0. The standard InChI is InChI=1S/C34H55N5O8S/c1-5-6-17-36-48(44,45)22-30(40)31(41)28(18-25-13-9-7-10-14-25)37-32(42)29(38-33(43)47-34(2,3)4)19-27-20-35-23-39(27)24-46-21-26-15-11-8-12-16-26/h8,11-12,15-16,20,23,25,28-31,36,40-41H,5-7,9-10,13-14,17-19,21-22,24H2,1-4H3,(H,37,42)(H,38,43)/t28?,29-,30?,31?/m0/s1. The van der Waals surface area contributed by atoms with Crippen molar-refractivity contribution < 1.29 is 37.7 Å². The number of rotatable bonds is 19. The number of hydrogen-bond acceptors (Lipinski definition) is 9. The van der Waals surface area contributed by atoms with E-state index in [0.717, 1.165) is 44.1 Å². The summed E-state index contributed by atoms with van der Waals surface area (Å²) in [5.74, 6) is -1.16. The molecule has 2 aromatic rings. The van der Waals surface area contributed by atoms with Gasteiger partial charge in [0.15, 0.2) is 0 Å². The largest absolute Gasteiger partial charge is 0.444 e. The topological polar surface area (TPSA) is 181 Å². The molecule has 1 aliphatic rings. The first-order chi connectivity index (χ1) is 22.8. The highest BCUT2D eigenvalue weighted by molar-refractivity contribution is 7.89. The smallest absolute Gasteiger partial charge is 0.408 e. The van der Waals surface area contributed by atoms with Crippen LogP contribution in [-0.2, 0) is 44.1 Å². The predicted molar refractivity (Wildman–Crippen MR) is 182 cm³/mol. The van der Waals surface area contributed by atoms with Crippen LogP contribution in [0.15, 0.2) is 42.9 Å². The van der Waals surface area contributed by atoms with Crippen LogP contribution >= 0.6 is 0 Å². The van der Waals surface area contributed by atoms with Crippen molar-refractivity contribution >= 4 is 22.0 Å². The second-order valence-corrected chi connectivity index (χ2v) is 15.5. The molecule has 1 fully saturated rings. The minimum Gasteiger partial charge on any atom is -0.444 e. The molecular formula is C34H55N5O8S. The zero-order chi connectivity index (χ0) is 35.2. The summed E-state index contributed by atoms with van der Waals surface area (Å²) in [5.41, 5.74) is 0.781. The molecule has 1 aliphatic carbocycles. The van der Waals surface area contributed by atoms with Gasteiger partial charge in [0.1, 0.15) is 24.5 Å². The maximum atomic E-state index is 14.0. The van der Waals surface area contributed by atoms with Gasteiger partial charge in [-0.3, -0.25) is 4.79 Å². The van der Waals surface area contributed by atoms with Crippen LogP contribution in [0, 0.1) is 5.92 Å². The second-order valence-electron chi connectivity index (χ2n) is 13.7. The number of benzene rings is 1. The lowest BCUT2D eigenvalue weighted by molar-refractivity contribution is -0.125. The van der Waals surface area contributed by atoms with Crippen molar-refractivity contribution in [1.82, 2.24) is 24.9 Å². The molecule has 270 valence electrons. The van der Waals surface area contributed by atoms with E-state index >= 15 is 0 Å². The molecule has 0 aliphatic heterocycles. The quantitative estimate of drug-likeness (QED) is 0.138. The summed E-state index contributed by atoms with van der Waals surface area (Å²) in [6.07, 6.45) is 5.85. The molecule has 13 nitrogen and oxygen atoms in total. The van der Waals surface area contributed by atoms with Crippen LogP contribution in [-0.4, -0.2) is 82.4 Å². The van der Waals surface area contributed by atoms with E-state index < -0.39 is 57.7 Å². The van der Waals surface area contributed by atoms with Gasteiger partial charge in [-0.2, -0.15) is 0 Å². The van der Waals surface area contributed by atoms with Crippen LogP contribution in [0.3, 0.4) is 0 Å². The summed E-state index contributed by atoms with van der Waals surface area (Å²) in [7, 11) is -3.88. The SMILES string of the molecule is CCCCNS(=O)(=O)CC(O)C(O)C(CC1CCCCC1)NC(=O)[C@H](Cc1cncn1COCc1ccccc1)NC(=O)OC(C)(C)C. The number of sulfonamides is 1. The van der Waals surface area contributed by atoms with Crippen molar-refractivity contribution in [3.05, 3.63) is 54.1 Å². The number of imidazole rings is 1. The van der Waals surface area contributed by atoms with E-state index in [4.69, 9.17) is 9.47 Å². The van der Waals surface area contributed by atoms with Gasteiger partial charge >= 0.3 is 6.09 Å². The fourth-order valence-corrected chi connectivity index (χ4v) is 6.96. The Labute approximate surface area is 285 Å². The van der Waals surface area contributed by atoms with Crippen LogP contribution < -0.4 is 15.4 Å². The van der Waals surface area contributed by atoms with Gasteiger partial charge in [-0.25, -0.2) is 22.9 Å². The summed E-state index contributed by atoms with van der Waals surface area (Å²) < 4.78 is 40.7. The lowest BCUT2D eigenvalue weighted by Crippen LogP contribution is -2.57. The highest BCUT2D eigenvalue weighted by Crippen LogP contribution is 2.28. The van der Waals surface area contributed by atoms with E-state index in [1.807, 2.05) is 37.3 Å².